The van der Waals surface area contributed by atoms with E-state index in [2.05, 4.69) is 28.0 Å². The Morgan fingerprint density at radius 2 is 1.79 bits per heavy atom. The Hall–Kier alpha value is -3.81. The minimum Gasteiger partial charge on any atom is -0.467 e. The second kappa shape index (κ2) is 10.9. The van der Waals surface area contributed by atoms with Gasteiger partial charge < -0.3 is 14.2 Å². The molecule has 2 aliphatic rings. The summed E-state index contributed by atoms with van der Waals surface area (Å²) in [6, 6.07) is 15.9. The van der Waals surface area contributed by atoms with E-state index in [9.17, 15) is 14.9 Å². The SMILES string of the molecule is CCn1c(N2CCN(c3ccccc3)CC2)c(/C=C2/SC(=S)N(Cc3ccco3)C2=O)c(C)c(C#N)c1=O. The van der Waals surface area contributed by atoms with Crippen LogP contribution < -0.4 is 15.4 Å². The molecule has 10 heteroatoms. The quantitative estimate of drug-likeness (QED) is 0.334. The number of carbonyl (C=O) groups is 1. The molecule has 2 aromatic heterocycles. The zero-order valence-electron chi connectivity index (χ0n) is 21.2. The Morgan fingerprint density at radius 3 is 2.42 bits per heavy atom. The second-order valence-electron chi connectivity index (χ2n) is 9.06. The first-order valence-electron chi connectivity index (χ1n) is 12.4. The molecule has 0 radical (unpaired) electrons. The van der Waals surface area contributed by atoms with Crippen molar-refractivity contribution in [3.05, 3.63) is 86.4 Å². The molecular weight excluding hydrogens is 518 g/mol. The average molecular weight is 546 g/mol. The molecule has 3 aromatic rings. The summed E-state index contributed by atoms with van der Waals surface area (Å²) in [6.45, 7) is 7.28. The fraction of sp³-hybridized carbons (Fsp3) is 0.286. The highest BCUT2D eigenvalue weighted by molar-refractivity contribution is 8.26. The lowest BCUT2D eigenvalue weighted by atomic mass is 10.0. The molecule has 0 unspecified atom stereocenters. The standard InChI is InChI=1S/C28H27N5O3S2/c1-3-32-25(31-13-11-30(12-14-31)20-8-5-4-6-9-20)22(19(2)23(17-29)26(32)34)16-24-27(35)33(28(37)38-24)18-21-10-7-15-36-21/h4-10,15-16H,3,11-14,18H2,1-2H3/b24-16+. The first-order chi connectivity index (χ1) is 18.4. The lowest BCUT2D eigenvalue weighted by molar-refractivity contribution is -0.122. The summed E-state index contributed by atoms with van der Waals surface area (Å²) in [5.74, 6) is 1.16. The van der Waals surface area contributed by atoms with Crippen molar-refractivity contribution in [2.24, 2.45) is 0 Å². The van der Waals surface area contributed by atoms with E-state index in [1.807, 2.05) is 25.1 Å². The number of hydrogen-bond acceptors (Lipinski definition) is 8. The molecule has 38 heavy (non-hydrogen) atoms. The molecule has 1 amide bonds. The number of nitrogens with zero attached hydrogens (tertiary/aromatic N) is 5. The van der Waals surface area contributed by atoms with E-state index < -0.39 is 0 Å². The maximum absolute atomic E-state index is 13.4. The van der Waals surface area contributed by atoms with Crippen molar-refractivity contribution in [2.75, 3.05) is 36.0 Å². The maximum Gasteiger partial charge on any atom is 0.270 e. The van der Waals surface area contributed by atoms with Gasteiger partial charge in [-0.15, -0.1) is 0 Å². The van der Waals surface area contributed by atoms with Crippen LogP contribution in [-0.2, 0) is 17.9 Å². The highest BCUT2D eigenvalue weighted by Crippen LogP contribution is 2.37. The fourth-order valence-corrected chi connectivity index (χ4v) is 6.16. The maximum atomic E-state index is 13.4. The zero-order chi connectivity index (χ0) is 26.8. The summed E-state index contributed by atoms with van der Waals surface area (Å²) in [5, 5.41) is 9.83. The number of nitriles is 1. The van der Waals surface area contributed by atoms with E-state index in [0.29, 0.717) is 45.7 Å². The summed E-state index contributed by atoms with van der Waals surface area (Å²) in [5.41, 5.74) is 2.22. The van der Waals surface area contributed by atoms with E-state index >= 15 is 0 Å². The number of carbonyl (C=O) groups excluding carboxylic acids is 1. The van der Waals surface area contributed by atoms with Gasteiger partial charge in [-0.05, 0) is 49.8 Å². The number of amides is 1. The molecule has 0 N–H and O–H groups in total. The summed E-state index contributed by atoms with van der Waals surface area (Å²) >= 11 is 6.74. The van der Waals surface area contributed by atoms with Crippen LogP contribution in [0.2, 0.25) is 0 Å². The number of anilines is 2. The van der Waals surface area contributed by atoms with E-state index in [0.717, 1.165) is 24.6 Å². The van der Waals surface area contributed by atoms with E-state index in [4.69, 9.17) is 16.6 Å². The van der Waals surface area contributed by atoms with Crippen LogP contribution in [0.15, 0.2) is 62.8 Å². The van der Waals surface area contributed by atoms with Gasteiger partial charge in [0.2, 0.25) is 0 Å². The number of piperazine rings is 1. The molecule has 2 saturated heterocycles. The highest BCUT2D eigenvalue weighted by atomic mass is 32.2. The van der Waals surface area contributed by atoms with Crippen LogP contribution in [0.1, 0.15) is 29.4 Å². The molecule has 8 nitrogen and oxygen atoms in total. The second-order valence-corrected chi connectivity index (χ2v) is 10.7. The molecule has 0 spiro atoms. The Balaban J connectivity index is 1.53. The minimum absolute atomic E-state index is 0.0934. The normalized spacial score (nSPS) is 17.0. The largest absolute Gasteiger partial charge is 0.467 e. The number of pyridine rings is 1. The van der Waals surface area contributed by atoms with Crippen LogP contribution in [0.25, 0.3) is 6.08 Å². The van der Waals surface area contributed by atoms with Crippen LogP contribution in [0.4, 0.5) is 11.5 Å². The van der Waals surface area contributed by atoms with Crippen molar-refractivity contribution in [2.45, 2.75) is 26.9 Å². The molecule has 0 saturated carbocycles. The van der Waals surface area contributed by atoms with Crippen LogP contribution in [0.3, 0.4) is 0 Å². The first kappa shape index (κ1) is 25.8. The van der Waals surface area contributed by atoms with Gasteiger partial charge in [0, 0.05) is 44.0 Å². The Labute approximate surface area is 230 Å². The van der Waals surface area contributed by atoms with Gasteiger partial charge in [0.1, 0.15) is 27.5 Å². The monoisotopic (exact) mass is 545 g/mol. The highest BCUT2D eigenvalue weighted by Gasteiger charge is 2.34. The lowest BCUT2D eigenvalue weighted by Gasteiger charge is -2.39. The van der Waals surface area contributed by atoms with Crippen molar-refractivity contribution >= 4 is 51.8 Å². The van der Waals surface area contributed by atoms with Gasteiger partial charge in [-0.25, -0.2) is 0 Å². The van der Waals surface area contributed by atoms with E-state index in [1.54, 1.807) is 36.0 Å². The van der Waals surface area contributed by atoms with E-state index in [-0.39, 0.29) is 23.6 Å². The first-order valence-corrected chi connectivity index (χ1v) is 13.7. The van der Waals surface area contributed by atoms with Gasteiger partial charge in [-0.1, -0.05) is 42.2 Å². The molecule has 0 bridgehead atoms. The molecule has 2 aliphatic heterocycles. The molecular formula is C28H27N5O3S2. The number of hydrogen-bond donors (Lipinski definition) is 0. The predicted molar refractivity (Wildman–Crippen MR) is 154 cm³/mol. The predicted octanol–water partition coefficient (Wildman–Crippen LogP) is 4.37. The smallest absolute Gasteiger partial charge is 0.270 e. The third kappa shape index (κ3) is 4.75. The van der Waals surface area contributed by atoms with Crippen molar-refractivity contribution in [1.29, 1.82) is 5.26 Å². The van der Waals surface area contributed by atoms with Crippen molar-refractivity contribution in [3.63, 3.8) is 0 Å². The lowest BCUT2D eigenvalue weighted by Crippen LogP contribution is -2.48. The number of aromatic nitrogens is 1. The third-order valence-electron chi connectivity index (χ3n) is 6.91. The number of furan rings is 1. The van der Waals surface area contributed by atoms with Crippen LogP contribution in [-0.4, -0.2) is 45.9 Å². The minimum atomic E-state index is -0.310. The average Bonchev–Trinajstić information content (AvgIpc) is 3.55. The van der Waals surface area contributed by atoms with Gasteiger partial charge in [0.25, 0.3) is 11.5 Å². The summed E-state index contributed by atoms with van der Waals surface area (Å²) in [4.78, 5) is 33.2. The van der Waals surface area contributed by atoms with Crippen molar-refractivity contribution < 1.29 is 9.21 Å². The fourth-order valence-electron chi connectivity index (χ4n) is 4.92. The topological polar surface area (TPSA) is 85.7 Å². The number of para-hydroxylation sites is 1. The molecule has 0 aliphatic carbocycles. The number of benzene rings is 1. The van der Waals surface area contributed by atoms with Gasteiger partial charge >= 0.3 is 0 Å². The summed E-state index contributed by atoms with van der Waals surface area (Å²) < 4.78 is 7.50. The van der Waals surface area contributed by atoms with Gasteiger partial charge in [-0.3, -0.25) is 19.1 Å². The molecule has 194 valence electrons. The van der Waals surface area contributed by atoms with Crippen LogP contribution in [0, 0.1) is 18.3 Å². The van der Waals surface area contributed by atoms with Gasteiger partial charge in [0.15, 0.2) is 0 Å². The van der Waals surface area contributed by atoms with Crippen molar-refractivity contribution in [1.82, 2.24) is 9.47 Å². The Kier molecular flexibility index (Phi) is 7.40. The number of thiocarbonyl (C=S) groups is 1. The Morgan fingerprint density at radius 1 is 1.08 bits per heavy atom. The number of rotatable bonds is 6. The molecule has 5 rings (SSSR count). The molecule has 4 heterocycles. The van der Waals surface area contributed by atoms with Crippen LogP contribution in [0.5, 0.6) is 0 Å². The van der Waals surface area contributed by atoms with Crippen molar-refractivity contribution in [3.8, 4) is 6.07 Å². The Bertz CT molecular complexity index is 1500. The third-order valence-corrected chi connectivity index (χ3v) is 8.28. The van der Waals surface area contributed by atoms with Crippen LogP contribution >= 0.6 is 24.0 Å². The van der Waals surface area contributed by atoms with Gasteiger partial charge in [0.05, 0.1) is 17.7 Å². The van der Waals surface area contributed by atoms with Gasteiger partial charge in [-0.2, -0.15) is 5.26 Å². The number of thioether (sulfide) groups is 1. The molecule has 1 aromatic carbocycles. The summed E-state index contributed by atoms with van der Waals surface area (Å²) in [7, 11) is 0. The van der Waals surface area contributed by atoms with E-state index in [1.165, 1.54) is 16.7 Å². The molecule has 2 fully saturated rings. The zero-order valence-corrected chi connectivity index (χ0v) is 22.8. The summed E-state index contributed by atoms with van der Waals surface area (Å²) in [6.07, 6.45) is 3.36. The molecule has 0 atom stereocenters.